The van der Waals surface area contributed by atoms with E-state index in [1.54, 1.807) is 19.1 Å². The minimum Gasteiger partial charge on any atom is -0.384 e. The van der Waals surface area contributed by atoms with E-state index in [1.807, 2.05) is 43.3 Å². The lowest BCUT2D eigenvalue weighted by Gasteiger charge is -2.25. The van der Waals surface area contributed by atoms with Crippen LogP contribution < -0.4 is 10.2 Å². The SMILES string of the molecule is Cc1ccc2c(c1)N(C(=O)C(=O)NCC(C)(O)c1ccccc1)CC2. The predicted molar refractivity (Wildman–Crippen MR) is 96.3 cm³/mol. The van der Waals surface area contributed by atoms with E-state index in [0.29, 0.717) is 12.1 Å². The average Bonchev–Trinajstić information content (AvgIpc) is 3.02. The highest BCUT2D eigenvalue weighted by atomic mass is 16.3. The van der Waals surface area contributed by atoms with E-state index in [9.17, 15) is 14.7 Å². The maximum Gasteiger partial charge on any atom is 0.316 e. The zero-order valence-electron chi connectivity index (χ0n) is 14.5. The Kier molecular flexibility index (Phi) is 4.59. The summed E-state index contributed by atoms with van der Waals surface area (Å²) in [7, 11) is 0. The number of amides is 2. The predicted octanol–water partition coefficient (Wildman–Crippen LogP) is 1.91. The lowest BCUT2D eigenvalue weighted by atomic mass is 9.96. The van der Waals surface area contributed by atoms with Gasteiger partial charge >= 0.3 is 11.8 Å². The van der Waals surface area contributed by atoms with Crippen LogP contribution in [0, 0.1) is 6.92 Å². The van der Waals surface area contributed by atoms with Crippen LogP contribution in [0.4, 0.5) is 5.69 Å². The minimum atomic E-state index is -1.24. The largest absolute Gasteiger partial charge is 0.384 e. The topological polar surface area (TPSA) is 69.6 Å². The fourth-order valence-electron chi connectivity index (χ4n) is 3.05. The van der Waals surface area contributed by atoms with Crippen molar-refractivity contribution < 1.29 is 14.7 Å². The van der Waals surface area contributed by atoms with Gasteiger partial charge in [-0.05, 0) is 43.0 Å². The van der Waals surface area contributed by atoms with E-state index >= 15 is 0 Å². The van der Waals surface area contributed by atoms with Crippen molar-refractivity contribution in [2.75, 3.05) is 18.0 Å². The maximum atomic E-state index is 12.5. The Hall–Kier alpha value is -2.66. The van der Waals surface area contributed by atoms with Crippen LogP contribution in [-0.4, -0.2) is 30.0 Å². The molecule has 0 bridgehead atoms. The first-order valence-corrected chi connectivity index (χ1v) is 8.35. The van der Waals surface area contributed by atoms with E-state index in [0.717, 1.165) is 23.2 Å². The van der Waals surface area contributed by atoms with Crippen LogP contribution in [0.15, 0.2) is 48.5 Å². The molecule has 1 aliphatic rings. The van der Waals surface area contributed by atoms with Crippen LogP contribution in [0.5, 0.6) is 0 Å². The van der Waals surface area contributed by atoms with Crippen molar-refractivity contribution in [1.82, 2.24) is 5.32 Å². The molecule has 2 amide bonds. The molecular weight excluding hydrogens is 316 g/mol. The summed E-state index contributed by atoms with van der Waals surface area (Å²) in [6.45, 7) is 4.04. The number of fused-ring (bicyclic) bond motifs is 1. The Morgan fingerprint density at radius 1 is 1.20 bits per heavy atom. The molecule has 0 saturated heterocycles. The highest BCUT2D eigenvalue weighted by molar-refractivity contribution is 6.40. The molecule has 0 aliphatic carbocycles. The van der Waals surface area contributed by atoms with Crippen molar-refractivity contribution in [1.29, 1.82) is 0 Å². The fourth-order valence-corrected chi connectivity index (χ4v) is 3.05. The summed E-state index contributed by atoms with van der Waals surface area (Å²) < 4.78 is 0. The summed E-state index contributed by atoms with van der Waals surface area (Å²) in [5.41, 5.74) is 2.37. The van der Waals surface area contributed by atoms with Gasteiger partial charge in [-0.25, -0.2) is 0 Å². The van der Waals surface area contributed by atoms with E-state index in [-0.39, 0.29) is 6.54 Å². The first kappa shape index (κ1) is 17.2. The minimum absolute atomic E-state index is 0.0316. The van der Waals surface area contributed by atoms with Gasteiger partial charge in [0.05, 0.1) is 6.54 Å². The second-order valence-corrected chi connectivity index (χ2v) is 6.66. The van der Waals surface area contributed by atoms with Gasteiger partial charge < -0.3 is 15.3 Å². The third kappa shape index (κ3) is 3.56. The molecule has 5 heteroatoms. The van der Waals surface area contributed by atoms with E-state index in [2.05, 4.69) is 5.32 Å². The number of carbonyl (C=O) groups excluding carboxylic acids is 2. The molecule has 0 fully saturated rings. The second kappa shape index (κ2) is 6.69. The van der Waals surface area contributed by atoms with Gasteiger partial charge in [-0.2, -0.15) is 0 Å². The monoisotopic (exact) mass is 338 g/mol. The molecule has 1 aliphatic heterocycles. The Balaban J connectivity index is 1.67. The van der Waals surface area contributed by atoms with Crippen molar-refractivity contribution in [3.63, 3.8) is 0 Å². The summed E-state index contributed by atoms with van der Waals surface area (Å²) in [6, 6.07) is 15.0. The molecule has 3 rings (SSSR count). The Morgan fingerprint density at radius 2 is 1.92 bits per heavy atom. The quantitative estimate of drug-likeness (QED) is 0.840. The molecule has 0 radical (unpaired) electrons. The molecule has 1 unspecified atom stereocenters. The number of nitrogens with one attached hydrogen (secondary N) is 1. The summed E-state index contributed by atoms with van der Waals surface area (Å²) in [5, 5.41) is 13.1. The van der Waals surface area contributed by atoms with Crippen LogP contribution in [0.2, 0.25) is 0 Å². The summed E-state index contributed by atoms with van der Waals surface area (Å²) in [5.74, 6) is -1.29. The fraction of sp³-hybridized carbons (Fsp3) is 0.300. The number of anilines is 1. The van der Waals surface area contributed by atoms with Crippen LogP contribution in [0.25, 0.3) is 0 Å². The zero-order chi connectivity index (χ0) is 18.0. The highest BCUT2D eigenvalue weighted by Gasteiger charge is 2.31. The van der Waals surface area contributed by atoms with Gasteiger partial charge in [0.25, 0.3) is 0 Å². The Labute approximate surface area is 147 Å². The number of hydrogen-bond acceptors (Lipinski definition) is 3. The normalized spacial score (nSPS) is 15.4. The summed E-state index contributed by atoms with van der Waals surface area (Å²) >= 11 is 0. The molecular formula is C20H22N2O3. The van der Waals surface area contributed by atoms with Gasteiger partial charge in [-0.3, -0.25) is 9.59 Å². The number of rotatable bonds is 3. The van der Waals surface area contributed by atoms with Crippen LogP contribution in [-0.2, 0) is 21.6 Å². The van der Waals surface area contributed by atoms with Gasteiger partial charge in [0, 0.05) is 12.2 Å². The van der Waals surface area contributed by atoms with Crippen molar-refractivity contribution in [2.45, 2.75) is 25.9 Å². The number of nitrogens with zero attached hydrogens (tertiary/aromatic N) is 1. The third-order valence-corrected chi connectivity index (χ3v) is 4.56. The van der Waals surface area contributed by atoms with E-state index in [1.165, 1.54) is 4.90 Å². The molecule has 2 aromatic carbocycles. The van der Waals surface area contributed by atoms with Crippen molar-refractivity contribution in [3.05, 3.63) is 65.2 Å². The van der Waals surface area contributed by atoms with Crippen molar-refractivity contribution in [3.8, 4) is 0 Å². The van der Waals surface area contributed by atoms with Crippen molar-refractivity contribution in [2.24, 2.45) is 0 Å². The van der Waals surface area contributed by atoms with Gasteiger partial charge in [0.1, 0.15) is 5.60 Å². The molecule has 0 aromatic heterocycles. The number of hydrogen-bond donors (Lipinski definition) is 2. The molecule has 1 atom stereocenters. The number of carbonyl (C=O) groups is 2. The lowest BCUT2D eigenvalue weighted by molar-refractivity contribution is -0.138. The molecule has 0 spiro atoms. The Morgan fingerprint density at radius 3 is 2.64 bits per heavy atom. The van der Waals surface area contributed by atoms with Gasteiger partial charge in [0.2, 0.25) is 0 Å². The molecule has 5 nitrogen and oxygen atoms in total. The Bertz CT molecular complexity index is 800. The van der Waals surface area contributed by atoms with Crippen molar-refractivity contribution >= 4 is 17.5 Å². The number of aliphatic hydroxyl groups is 1. The first-order valence-electron chi connectivity index (χ1n) is 8.35. The smallest absolute Gasteiger partial charge is 0.316 e. The lowest BCUT2D eigenvalue weighted by Crippen LogP contribution is -2.46. The molecule has 25 heavy (non-hydrogen) atoms. The average molecular weight is 338 g/mol. The maximum absolute atomic E-state index is 12.5. The van der Waals surface area contributed by atoms with Crippen LogP contribution in [0.3, 0.4) is 0 Å². The molecule has 2 aromatic rings. The van der Waals surface area contributed by atoms with E-state index < -0.39 is 17.4 Å². The highest BCUT2D eigenvalue weighted by Crippen LogP contribution is 2.29. The molecule has 2 N–H and O–H groups in total. The molecule has 1 heterocycles. The first-order chi connectivity index (χ1) is 11.9. The zero-order valence-corrected chi connectivity index (χ0v) is 14.5. The number of aryl methyl sites for hydroxylation is 1. The number of benzene rings is 2. The van der Waals surface area contributed by atoms with Gasteiger partial charge in [0.15, 0.2) is 0 Å². The van der Waals surface area contributed by atoms with E-state index in [4.69, 9.17) is 0 Å². The second-order valence-electron chi connectivity index (χ2n) is 6.66. The summed E-state index contributed by atoms with van der Waals surface area (Å²) in [6.07, 6.45) is 0.746. The van der Waals surface area contributed by atoms with Gasteiger partial charge in [-0.15, -0.1) is 0 Å². The molecule has 130 valence electrons. The van der Waals surface area contributed by atoms with Crippen LogP contribution >= 0.6 is 0 Å². The van der Waals surface area contributed by atoms with Gasteiger partial charge in [-0.1, -0.05) is 42.5 Å². The van der Waals surface area contributed by atoms with Crippen LogP contribution in [0.1, 0.15) is 23.6 Å². The summed E-state index contributed by atoms with van der Waals surface area (Å²) in [4.78, 5) is 26.3. The molecule has 0 saturated carbocycles. The third-order valence-electron chi connectivity index (χ3n) is 4.56. The standard InChI is InChI=1S/C20H22N2O3/c1-14-8-9-15-10-11-22(17(15)12-14)19(24)18(23)21-13-20(2,25)16-6-4-3-5-7-16/h3-9,12,25H,10-11,13H2,1-2H3,(H,21,23).